The highest BCUT2D eigenvalue weighted by molar-refractivity contribution is 5.85. The predicted octanol–water partition coefficient (Wildman–Crippen LogP) is 2.07. The minimum atomic E-state index is -1.42. The van der Waals surface area contributed by atoms with Crippen LogP contribution >= 0.6 is 0 Å². The highest BCUT2D eigenvalue weighted by Gasteiger charge is 2.16. The van der Waals surface area contributed by atoms with Gasteiger partial charge in [-0.05, 0) is 6.08 Å². The molecule has 3 nitrogen and oxygen atoms in total. The Morgan fingerprint density at radius 2 is 2.00 bits per heavy atom. The largest absolute Gasteiger partial charge is 0.478 e. The molecule has 0 unspecified atom stereocenters. The molecule has 0 aliphatic heterocycles. The summed E-state index contributed by atoms with van der Waals surface area (Å²) in [4.78, 5) is 10.1. The molecule has 0 heterocycles. The first-order valence-corrected chi connectivity index (χ1v) is 3.96. The van der Waals surface area contributed by atoms with Crippen molar-refractivity contribution in [1.29, 1.82) is 5.26 Å². The number of rotatable bonds is 2. The quantitative estimate of drug-likeness (QED) is 0.786. The summed E-state index contributed by atoms with van der Waals surface area (Å²) in [6.45, 7) is 0. The van der Waals surface area contributed by atoms with E-state index in [1.807, 2.05) is 0 Å². The van der Waals surface area contributed by atoms with Gasteiger partial charge in [-0.3, -0.25) is 0 Å². The number of carboxylic acids is 1. The summed E-state index contributed by atoms with van der Waals surface area (Å²) < 4.78 is 39.2. The molecule has 0 saturated heterocycles. The number of carboxylic acid groups (broad SMARTS) is 1. The maximum Gasteiger partial charge on any atom is 0.328 e. The van der Waals surface area contributed by atoms with E-state index in [1.165, 1.54) is 6.07 Å². The van der Waals surface area contributed by atoms with Gasteiger partial charge in [0.25, 0.3) is 0 Å². The molecule has 0 radical (unpaired) electrons. The number of carbonyl (C=O) groups is 1. The molecule has 0 spiro atoms. The highest BCUT2D eigenvalue weighted by atomic mass is 19.1. The van der Waals surface area contributed by atoms with E-state index in [4.69, 9.17) is 10.4 Å². The van der Waals surface area contributed by atoms with Gasteiger partial charge < -0.3 is 5.11 Å². The first kappa shape index (κ1) is 11.8. The van der Waals surface area contributed by atoms with Gasteiger partial charge in [0, 0.05) is 17.7 Å². The fourth-order valence-corrected chi connectivity index (χ4v) is 1.02. The first-order chi connectivity index (χ1) is 7.47. The third kappa shape index (κ3) is 2.20. The van der Waals surface area contributed by atoms with E-state index in [0.717, 1.165) is 0 Å². The zero-order valence-electron chi connectivity index (χ0n) is 7.67. The smallest absolute Gasteiger partial charge is 0.328 e. The number of halogens is 3. The third-order valence-electron chi connectivity index (χ3n) is 1.71. The van der Waals surface area contributed by atoms with Gasteiger partial charge in [-0.1, -0.05) is 0 Å². The molecule has 0 amide bonds. The monoisotopic (exact) mass is 227 g/mol. The molecule has 0 atom stereocenters. The van der Waals surface area contributed by atoms with Crippen LogP contribution in [0.5, 0.6) is 0 Å². The molecule has 16 heavy (non-hydrogen) atoms. The van der Waals surface area contributed by atoms with Crippen molar-refractivity contribution in [3.05, 3.63) is 40.7 Å². The topological polar surface area (TPSA) is 61.1 Å². The molecular weight excluding hydrogens is 223 g/mol. The molecule has 0 aromatic heterocycles. The van der Waals surface area contributed by atoms with E-state index in [9.17, 15) is 18.0 Å². The zero-order chi connectivity index (χ0) is 12.3. The van der Waals surface area contributed by atoms with Gasteiger partial charge in [-0.25, -0.2) is 18.0 Å². The second kappa shape index (κ2) is 4.49. The van der Waals surface area contributed by atoms with Gasteiger partial charge in [0.1, 0.15) is 23.3 Å². The van der Waals surface area contributed by atoms with Gasteiger partial charge in [-0.15, -0.1) is 0 Å². The van der Waals surface area contributed by atoms with Crippen molar-refractivity contribution in [3.63, 3.8) is 0 Å². The van der Waals surface area contributed by atoms with Crippen LogP contribution in [0.3, 0.4) is 0 Å². The summed E-state index contributed by atoms with van der Waals surface area (Å²) >= 11 is 0. The molecule has 0 saturated carbocycles. The molecule has 0 aliphatic rings. The molecule has 1 aromatic rings. The lowest BCUT2D eigenvalue weighted by molar-refractivity contribution is -0.131. The normalized spacial score (nSPS) is 10.4. The summed E-state index contributed by atoms with van der Waals surface area (Å²) in [6, 6.07) is 1.54. The average Bonchev–Trinajstić information content (AvgIpc) is 2.16. The van der Waals surface area contributed by atoms with E-state index in [0.29, 0.717) is 18.2 Å². The fraction of sp³-hybridized carbons (Fsp3) is 0. The van der Waals surface area contributed by atoms with Crippen molar-refractivity contribution in [3.8, 4) is 6.07 Å². The Kier molecular flexibility index (Phi) is 3.30. The summed E-state index contributed by atoms with van der Waals surface area (Å²) in [5.41, 5.74) is -1.72. The molecular formula is C10H4F3NO2. The third-order valence-corrected chi connectivity index (χ3v) is 1.71. The summed E-state index contributed by atoms with van der Waals surface area (Å²) in [7, 11) is 0. The number of nitriles is 1. The summed E-state index contributed by atoms with van der Waals surface area (Å²) in [5, 5.41) is 16.7. The molecule has 82 valence electrons. The highest BCUT2D eigenvalue weighted by Crippen LogP contribution is 2.20. The lowest BCUT2D eigenvalue weighted by atomic mass is 10.1. The van der Waals surface area contributed by atoms with E-state index in [2.05, 4.69) is 0 Å². The van der Waals surface area contributed by atoms with Crippen molar-refractivity contribution in [2.24, 2.45) is 0 Å². The molecule has 1 rings (SSSR count). The molecule has 0 bridgehead atoms. The summed E-state index contributed by atoms with van der Waals surface area (Å²) in [5.74, 6) is -5.43. The van der Waals surface area contributed by atoms with Crippen molar-refractivity contribution in [2.75, 3.05) is 0 Å². The van der Waals surface area contributed by atoms with Crippen LogP contribution in [0, 0.1) is 28.8 Å². The van der Waals surface area contributed by atoms with Crippen LogP contribution in [-0.4, -0.2) is 11.1 Å². The Hall–Kier alpha value is -2.29. The molecule has 0 fully saturated rings. The maximum absolute atomic E-state index is 13.3. The minimum absolute atomic E-state index is 0.323. The Bertz CT molecular complexity index is 518. The van der Waals surface area contributed by atoms with Crippen molar-refractivity contribution >= 4 is 12.0 Å². The van der Waals surface area contributed by atoms with E-state index < -0.39 is 34.5 Å². The molecule has 1 aromatic carbocycles. The van der Waals surface area contributed by atoms with Gasteiger partial charge in [0.05, 0.1) is 0 Å². The summed E-state index contributed by atoms with van der Waals surface area (Å²) in [6.07, 6.45) is 1.10. The van der Waals surface area contributed by atoms with E-state index in [1.54, 1.807) is 0 Å². The first-order valence-electron chi connectivity index (χ1n) is 3.96. The number of nitrogens with zero attached hydrogens (tertiary/aromatic N) is 1. The van der Waals surface area contributed by atoms with Crippen LogP contribution in [0.4, 0.5) is 13.2 Å². The average molecular weight is 227 g/mol. The molecule has 6 heteroatoms. The lowest BCUT2D eigenvalue weighted by Gasteiger charge is -2.02. The maximum atomic E-state index is 13.3. The fourth-order valence-electron chi connectivity index (χ4n) is 1.02. The van der Waals surface area contributed by atoms with Gasteiger partial charge in [0.2, 0.25) is 0 Å². The SMILES string of the molecule is N#Cc1c(F)cc(F)c(/C=C/C(=O)O)c1F. The van der Waals surface area contributed by atoms with Crippen molar-refractivity contribution in [2.45, 2.75) is 0 Å². The zero-order valence-corrected chi connectivity index (χ0v) is 7.67. The van der Waals surface area contributed by atoms with Crippen LogP contribution in [-0.2, 0) is 4.79 Å². The second-order valence-electron chi connectivity index (χ2n) is 2.73. The van der Waals surface area contributed by atoms with E-state index >= 15 is 0 Å². The van der Waals surface area contributed by atoms with Gasteiger partial charge in [0.15, 0.2) is 5.82 Å². The minimum Gasteiger partial charge on any atom is -0.478 e. The lowest BCUT2D eigenvalue weighted by Crippen LogP contribution is -1.98. The Morgan fingerprint density at radius 1 is 1.38 bits per heavy atom. The predicted molar refractivity (Wildman–Crippen MR) is 47.7 cm³/mol. The number of aliphatic carboxylic acids is 1. The van der Waals surface area contributed by atoms with Crippen molar-refractivity contribution < 1.29 is 23.1 Å². The van der Waals surface area contributed by atoms with Gasteiger partial charge in [-0.2, -0.15) is 5.26 Å². The number of hydrogen-bond donors (Lipinski definition) is 1. The van der Waals surface area contributed by atoms with Crippen LogP contribution in [0.2, 0.25) is 0 Å². The van der Waals surface area contributed by atoms with Crippen LogP contribution < -0.4 is 0 Å². The Morgan fingerprint density at radius 3 is 2.50 bits per heavy atom. The van der Waals surface area contributed by atoms with E-state index in [-0.39, 0.29) is 0 Å². The van der Waals surface area contributed by atoms with Crippen LogP contribution in [0.15, 0.2) is 12.1 Å². The second-order valence-corrected chi connectivity index (χ2v) is 2.73. The van der Waals surface area contributed by atoms with Crippen LogP contribution in [0.25, 0.3) is 6.08 Å². The number of benzene rings is 1. The van der Waals surface area contributed by atoms with Crippen LogP contribution in [0.1, 0.15) is 11.1 Å². The Balaban J connectivity index is 3.41. The molecule has 0 aliphatic carbocycles. The number of hydrogen-bond acceptors (Lipinski definition) is 2. The Labute approximate surface area is 88.0 Å². The van der Waals surface area contributed by atoms with Crippen molar-refractivity contribution in [1.82, 2.24) is 0 Å². The standard InChI is InChI=1S/C10H4F3NO2/c11-7-3-8(12)6(4-14)10(13)5(7)1-2-9(15)16/h1-3H,(H,15,16)/b2-1+. The molecule has 1 N–H and O–H groups in total. The van der Waals surface area contributed by atoms with Gasteiger partial charge >= 0.3 is 5.97 Å².